The molecule has 1 amide bonds. The van der Waals surface area contributed by atoms with Gasteiger partial charge in [0.2, 0.25) is 0 Å². The first-order chi connectivity index (χ1) is 9.70. The fourth-order valence-electron chi connectivity index (χ4n) is 1.50. The highest BCUT2D eigenvalue weighted by molar-refractivity contribution is 6.34. The van der Waals surface area contributed by atoms with Gasteiger partial charge in [0.05, 0.1) is 5.56 Å². The van der Waals surface area contributed by atoms with Crippen molar-refractivity contribution >= 4 is 34.9 Å². The van der Waals surface area contributed by atoms with Gasteiger partial charge in [0.1, 0.15) is 10.2 Å². The summed E-state index contributed by atoms with van der Waals surface area (Å²) in [5, 5.41) is 5.01. The van der Waals surface area contributed by atoms with E-state index in [2.05, 4.69) is 15.4 Å². The minimum atomic E-state index is -4.71. The van der Waals surface area contributed by atoms with Crippen molar-refractivity contribution < 1.29 is 18.0 Å². The number of carbonyl (C=O) groups is 1. The summed E-state index contributed by atoms with van der Waals surface area (Å²) in [7, 11) is 1.23. The van der Waals surface area contributed by atoms with Gasteiger partial charge in [-0.3, -0.25) is 9.48 Å². The number of nitrogens with one attached hydrogen (secondary N) is 1. The first kappa shape index (κ1) is 15.6. The lowest BCUT2D eigenvalue weighted by atomic mass is 10.2. The number of rotatable bonds is 2. The highest BCUT2D eigenvalue weighted by atomic mass is 35.5. The Morgan fingerprint density at radius 1 is 1.33 bits per heavy atom. The zero-order valence-corrected chi connectivity index (χ0v) is 11.9. The largest absolute Gasteiger partial charge is 0.436 e. The van der Waals surface area contributed by atoms with Crippen LogP contribution in [0.15, 0.2) is 18.3 Å². The maximum atomic E-state index is 12.6. The molecule has 0 saturated carbocycles. The summed E-state index contributed by atoms with van der Waals surface area (Å²) in [4.78, 5) is 15.6. The molecule has 5 nitrogen and oxygen atoms in total. The van der Waals surface area contributed by atoms with E-state index in [-0.39, 0.29) is 16.5 Å². The van der Waals surface area contributed by atoms with Crippen molar-refractivity contribution in [1.82, 2.24) is 14.8 Å². The summed E-state index contributed by atoms with van der Waals surface area (Å²) in [6, 6.07) is 2.75. The van der Waals surface area contributed by atoms with E-state index in [0.29, 0.717) is 0 Å². The smallest absolute Gasteiger partial charge is 0.305 e. The third-order valence-corrected chi connectivity index (χ3v) is 3.06. The van der Waals surface area contributed by atoms with Crippen LogP contribution in [0.25, 0.3) is 0 Å². The maximum absolute atomic E-state index is 12.6. The first-order valence-corrected chi connectivity index (χ1v) is 6.18. The minimum absolute atomic E-state index is 0.116. The minimum Gasteiger partial charge on any atom is -0.305 e. The SMILES string of the molecule is Cn1nc(C(F)(F)F)c(Cl)c1NC(=O)c1ccc(Cl)nc1. The van der Waals surface area contributed by atoms with Gasteiger partial charge in [-0.25, -0.2) is 4.98 Å². The lowest BCUT2D eigenvalue weighted by Crippen LogP contribution is -2.15. The number of hydrogen-bond donors (Lipinski definition) is 1. The van der Waals surface area contributed by atoms with Gasteiger partial charge in [0.25, 0.3) is 5.91 Å². The molecular weight excluding hydrogens is 332 g/mol. The number of amides is 1. The van der Waals surface area contributed by atoms with E-state index in [1.54, 1.807) is 0 Å². The number of aryl methyl sites for hydroxylation is 1. The van der Waals surface area contributed by atoms with Gasteiger partial charge in [-0.05, 0) is 12.1 Å². The monoisotopic (exact) mass is 338 g/mol. The van der Waals surface area contributed by atoms with Crippen molar-refractivity contribution in [3.63, 3.8) is 0 Å². The number of alkyl halides is 3. The molecule has 0 unspecified atom stereocenters. The van der Waals surface area contributed by atoms with Crippen molar-refractivity contribution in [2.24, 2.45) is 7.05 Å². The quantitative estimate of drug-likeness (QED) is 0.854. The Hall–Kier alpha value is -1.80. The summed E-state index contributed by atoms with van der Waals surface area (Å²) >= 11 is 11.2. The molecule has 10 heteroatoms. The van der Waals surface area contributed by atoms with Crippen molar-refractivity contribution in [2.45, 2.75) is 6.18 Å². The molecule has 1 N–H and O–H groups in total. The molecule has 0 aliphatic carbocycles. The highest BCUT2D eigenvalue weighted by Crippen LogP contribution is 2.37. The zero-order chi connectivity index (χ0) is 15.8. The molecule has 2 heterocycles. The molecule has 0 radical (unpaired) electrons. The van der Waals surface area contributed by atoms with E-state index in [1.165, 1.54) is 25.4 Å². The van der Waals surface area contributed by atoms with Crippen LogP contribution >= 0.6 is 23.2 Å². The summed E-state index contributed by atoms with van der Waals surface area (Å²) in [5.74, 6) is -0.943. The van der Waals surface area contributed by atoms with Gasteiger partial charge >= 0.3 is 6.18 Å². The summed E-state index contributed by atoms with van der Waals surface area (Å²) < 4.78 is 38.8. The molecule has 2 rings (SSSR count). The van der Waals surface area contributed by atoms with Crippen LogP contribution in [0.2, 0.25) is 10.2 Å². The average Bonchev–Trinajstić information content (AvgIpc) is 2.67. The van der Waals surface area contributed by atoms with Crippen LogP contribution in [0.3, 0.4) is 0 Å². The lowest BCUT2D eigenvalue weighted by Gasteiger charge is -2.06. The third-order valence-electron chi connectivity index (χ3n) is 2.48. The second kappa shape index (κ2) is 5.53. The van der Waals surface area contributed by atoms with Gasteiger partial charge in [-0.1, -0.05) is 23.2 Å². The van der Waals surface area contributed by atoms with E-state index < -0.39 is 22.8 Å². The molecule has 0 spiro atoms. The zero-order valence-electron chi connectivity index (χ0n) is 10.4. The van der Waals surface area contributed by atoms with Gasteiger partial charge in [0, 0.05) is 13.2 Å². The van der Waals surface area contributed by atoms with E-state index in [4.69, 9.17) is 23.2 Å². The Bertz CT molecular complexity index is 682. The van der Waals surface area contributed by atoms with Gasteiger partial charge in [-0.2, -0.15) is 18.3 Å². The van der Waals surface area contributed by atoms with Crippen molar-refractivity contribution in [2.75, 3.05) is 5.32 Å². The molecule has 0 bridgehead atoms. The van der Waals surface area contributed by atoms with Crippen LogP contribution in [0.4, 0.5) is 19.0 Å². The number of nitrogens with zero attached hydrogens (tertiary/aromatic N) is 3. The van der Waals surface area contributed by atoms with Crippen molar-refractivity contribution in [1.29, 1.82) is 0 Å². The molecule has 0 aliphatic heterocycles. The Morgan fingerprint density at radius 2 is 2.00 bits per heavy atom. The maximum Gasteiger partial charge on any atom is 0.436 e. The van der Waals surface area contributed by atoms with Crippen molar-refractivity contribution in [3.8, 4) is 0 Å². The fourth-order valence-corrected chi connectivity index (χ4v) is 1.93. The second-order valence-corrected chi connectivity index (χ2v) is 4.72. The number of anilines is 1. The van der Waals surface area contributed by atoms with Crippen LogP contribution in [-0.4, -0.2) is 20.7 Å². The summed E-state index contributed by atoms with van der Waals surface area (Å²) in [6.07, 6.45) is -3.52. The third kappa shape index (κ3) is 3.27. The van der Waals surface area contributed by atoms with Crippen LogP contribution in [0, 0.1) is 0 Å². The topological polar surface area (TPSA) is 59.8 Å². The molecule has 2 aromatic rings. The van der Waals surface area contributed by atoms with Gasteiger partial charge in [0.15, 0.2) is 11.5 Å². The molecule has 0 aliphatic rings. The number of hydrogen-bond acceptors (Lipinski definition) is 3. The predicted molar refractivity (Wildman–Crippen MR) is 70.4 cm³/mol. The Balaban J connectivity index is 2.30. The highest BCUT2D eigenvalue weighted by Gasteiger charge is 2.38. The normalized spacial score (nSPS) is 11.5. The fraction of sp³-hybridized carbons (Fsp3) is 0.182. The first-order valence-electron chi connectivity index (χ1n) is 5.42. The van der Waals surface area contributed by atoms with E-state index in [1.807, 2.05) is 0 Å². The van der Waals surface area contributed by atoms with E-state index in [0.717, 1.165) is 4.68 Å². The lowest BCUT2D eigenvalue weighted by molar-refractivity contribution is -0.141. The average molecular weight is 339 g/mol. The van der Waals surface area contributed by atoms with Gasteiger partial charge < -0.3 is 5.32 Å². The second-order valence-electron chi connectivity index (χ2n) is 3.96. The molecule has 0 aromatic carbocycles. The molecule has 2 aromatic heterocycles. The summed E-state index contributed by atoms with van der Waals surface area (Å²) in [5.41, 5.74) is -1.15. The predicted octanol–water partition coefficient (Wildman–Crippen LogP) is 3.39. The molecular formula is C11H7Cl2F3N4O. The van der Waals surface area contributed by atoms with Gasteiger partial charge in [-0.15, -0.1) is 0 Å². The van der Waals surface area contributed by atoms with Crippen LogP contribution < -0.4 is 5.32 Å². The molecule has 0 fully saturated rings. The Kier molecular flexibility index (Phi) is 4.11. The Labute approximate surface area is 126 Å². The molecule has 21 heavy (non-hydrogen) atoms. The number of carbonyl (C=O) groups excluding carboxylic acids is 1. The van der Waals surface area contributed by atoms with E-state index in [9.17, 15) is 18.0 Å². The molecule has 0 saturated heterocycles. The number of aromatic nitrogens is 3. The van der Waals surface area contributed by atoms with E-state index >= 15 is 0 Å². The van der Waals surface area contributed by atoms with Crippen LogP contribution in [0.1, 0.15) is 16.1 Å². The molecule has 112 valence electrons. The number of halogens is 5. The van der Waals surface area contributed by atoms with Crippen LogP contribution in [-0.2, 0) is 13.2 Å². The number of pyridine rings is 1. The Morgan fingerprint density at radius 3 is 2.48 bits per heavy atom. The van der Waals surface area contributed by atoms with Crippen molar-refractivity contribution in [3.05, 3.63) is 39.8 Å². The summed E-state index contributed by atoms with van der Waals surface area (Å²) in [6.45, 7) is 0. The van der Waals surface area contributed by atoms with Crippen LogP contribution in [0.5, 0.6) is 0 Å². The molecule has 0 atom stereocenters. The standard InChI is InChI=1S/C11H7Cl2F3N4O/c1-20-9(7(13)8(19-20)11(14,15)16)18-10(21)5-2-3-6(12)17-4-5/h2-4H,1H3,(H,18,21).